The van der Waals surface area contributed by atoms with Crippen LogP contribution in [0.25, 0.3) is 10.8 Å². The lowest BCUT2D eigenvalue weighted by Crippen LogP contribution is -2.49. The molecule has 0 N–H and O–H groups in total. The zero-order valence-electron chi connectivity index (χ0n) is 13.7. The first kappa shape index (κ1) is 15.1. The van der Waals surface area contributed by atoms with Gasteiger partial charge in [-0.2, -0.15) is 0 Å². The summed E-state index contributed by atoms with van der Waals surface area (Å²) >= 11 is 0. The van der Waals surface area contributed by atoms with Crippen molar-refractivity contribution in [3.63, 3.8) is 0 Å². The maximum atomic E-state index is 12.7. The predicted molar refractivity (Wildman–Crippen MR) is 92.2 cm³/mol. The highest BCUT2D eigenvalue weighted by atomic mass is 16.5. The molecule has 0 spiro atoms. The third-order valence-electron chi connectivity index (χ3n) is 4.89. The smallest absolute Gasteiger partial charge is 0.259 e. The van der Waals surface area contributed by atoms with Crippen LogP contribution in [-0.4, -0.2) is 49.1 Å². The lowest BCUT2D eigenvalue weighted by atomic mass is 10.1. The predicted octanol–water partition coefficient (Wildman–Crippen LogP) is 2.44. The summed E-state index contributed by atoms with van der Waals surface area (Å²) in [6.07, 6.45) is 0.981. The van der Waals surface area contributed by atoms with E-state index in [0.717, 1.165) is 22.9 Å². The van der Waals surface area contributed by atoms with Crippen LogP contribution in [0.2, 0.25) is 0 Å². The number of benzene rings is 2. The molecule has 2 aromatic rings. The van der Waals surface area contributed by atoms with Gasteiger partial charge in [-0.3, -0.25) is 14.5 Å². The largest absolute Gasteiger partial charge is 0.375 e. The van der Waals surface area contributed by atoms with Crippen molar-refractivity contribution in [1.29, 1.82) is 0 Å². The number of rotatable bonds is 3. The number of nitrogens with zero attached hydrogens (tertiary/aromatic N) is 2. The maximum Gasteiger partial charge on any atom is 0.259 e. The summed E-state index contributed by atoms with van der Waals surface area (Å²) < 4.78 is 5.62. The summed E-state index contributed by atoms with van der Waals surface area (Å²) in [6, 6.07) is 11.6. The fourth-order valence-electron chi connectivity index (χ4n) is 3.56. The van der Waals surface area contributed by atoms with Crippen molar-refractivity contribution in [2.75, 3.05) is 31.1 Å². The van der Waals surface area contributed by atoms with Crippen LogP contribution in [0.5, 0.6) is 0 Å². The van der Waals surface area contributed by atoms with E-state index in [0.29, 0.717) is 25.3 Å². The molecule has 124 valence electrons. The first-order chi connectivity index (χ1) is 11.7. The van der Waals surface area contributed by atoms with E-state index in [1.807, 2.05) is 41.3 Å². The van der Waals surface area contributed by atoms with Crippen LogP contribution < -0.4 is 4.90 Å². The number of morpholine rings is 1. The molecule has 2 heterocycles. The lowest BCUT2D eigenvalue weighted by molar-refractivity contribution is -0.137. The fraction of sp³-hybridized carbons (Fsp3) is 0.368. The highest BCUT2D eigenvalue weighted by Gasteiger charge is 2.33. The Kier molecular flexibility index (Phi) is 3.73. The van der Waals surface area contributed by atoms with E-state index in [1.54, 1.807) is 4.90 Å². The van der Waals surface area contributed by atoms with Crippen LogP contribution in [0.15, 0.2) is 36.4 Å². The van der Waals surface area contributed by atoms with Gasteiger partial charge in [0.1, 0.15) is 6.54 Å². The molecular formula is C19H20N2O3. The van der Waals surface area contributed by atoms with Gasteiger partial charge in [-0.15, -0.1) is 0 Å². The standard InChI is InChI=1S/C19H20N2O3/c1-2-14-11-20(9-10-24-14)17(22)12-21-16-8-4-6-13-5-3-7-15(18(13)16)19(21)23/h3-8,14H,2,9-12H2,1H3/t14-/m1/s1. The molecule has 1 fully saturated rings. The van der Waals surface area contributed by atoms with Crippen LogP contribution >= 0.6 is 0 Å². The zero-order valence-corrected chi connectivity index (χ0v) is 13.7. The SMILES string of the molecule is CC[C@@H]1CN(C(=O)CN2C(=O)c3cccc4cccc2c34)CCO1. The van der Waals surface area contributed by atoms with Gasteiger partial charge < -0.3 is 9.64 Å². The molecule has 0 unspecified atom stereocenters. The molecule has 0 aliphatic carbocycles. The number of hydrogen-bond donors (Lipinski definition) is 0. The van der Waals surface area contributed by atoms with Gasteiger partial charge in [0, 0.05) is 24.0 Å². The second-order valence-electron chi connectivity index (χ2n) is 6.31. The van der Waals surface area contributed by atoms with E-state index in [1.165, 1.54) is 0 Å². The third kappa shape index (κ3) is 2.36. The van der Waals surface area contributed by atoms with Crippen LogP contribution in [0.4, 0.5) is 5.69 Å². The van der Waals surface area contributed by atoms with Gasteiger partial charge in [-0.1, -0.05) is 31.2 Å². The van der Waals surface area contributed by atoms with Crippen molar-refractivity contribution in [1.82, 2.24) is 4.90 Å². The number of amides is 2. The quantitative estimate of drug-likeness (QED) is 0.871. The molecule has 0 radical (unpaired) electrons. The molecule has 24 heavy (non-hydrogen) atoms. The molecule has 1 saturated heterocycles. The molecule has 5 nitrogen and oxygen atoms in total. The Morgan fingerprint density at radius 1 is 1.25 bits per heavy atom. The average Bonchev–Trinajstić information content (AvgIpc) is 2.90. The van der Waals surface area contributed by atoms with E-state index in [2.05, 4.69) is 6.92 Å². The summed E-state index contributed by atoms with van der Waals surface area (Å²) in [6.45, 7) is 3.90. The molecule has 2 amide bonds. The highest BCUT2D eigenvalue weighted by Crippen LogP contribution is 2.37. The van der Waals surface area contributed by atoms with Gasteiger partial charge in [0.2, 0.25) is 5.91 Å². The van der Waals surface area contributed by atoms with Crippen molar-refractivity contribution >= 4 is 28.3 Å². The van der Waals surface area contributed by atoms with E-state index >= 15 is 0 Å². The molecule has 0 bridgehead atoms. The minimum atomic E-state index is -0.0875. The fourth-order valence-corrected chi connectivity index (χ4v) is 3.56. The van der Waals surface area contributed by atoms with Crippen LogP contribution in [0, 0.1) is 0 Å². The van der Waals surface area contributed by atoms with Crippen molar-refractivity contribution in [3.8, 4) is 0 Å². The van der Waals surface area contributed by atoms with E-state index in [-0.39, 0.29) is 24.5 Å². The minimum Gasteiger partial charge on any atom is -0.375 e. The normalized spacial score (nSPS) is 20.0. The van der Waals surface area contributed by atoms with Crippen LogP contribution in [-0.2, 0) is 9.53 Å². The van der Waals surface area contributed by atoms with Gasteiger partial charge >= 0.3 is 0 Å². The average molecular weight is 324 g/mol. The summed E-state index contributed by atoms with van der Waals surface area (Å²) in [7, 11) is 0. The molecular weight excluding hydrogens is 304 g/mol. The Morgan fingerprint density at radius 3 is 2.83 bits per heavy atom. The summed E-state index contributed by atoms with van der Waals surface area (Å²) in [5.74, 6) is -0.106. The molecule has 2 aliphatic heterocycles. The summed E-state index contributed by atoms with van der Waals surface area (Å²) in [5.41, 5.74) is 1.52. The zero-order chi connectivity index (χ0) is 16.7. The molecule has 4 rings (SSSR count). The minimum absolute atomic E-state index is 0.0186. The third-order valence-corrected chi connectivity index (χ3v) is 4.89. The molecule has 5 heteroatoms. The Hall–Kier alpha value is -2.40. The van der Waals surface area contributed by atoms with E-state index in [9.17, 15) is 9.59 Å². The van der Waals surface area contributed by atoms with Crippen molar-refractivity contribution in [2.24, 2.45) is 0 Å². The molecule has 0 saturated carbocycles. The van der Waals surface area contributed by atoms with Gasteiger partial charge in [0.25, 0.3) is 5.91 Å². The first-order valence-electron chi connectivity index (χ1n) is 8.42. The Morgan fingerprint density at radius 2 is 2.04 bits per heavy atom. The van der Waals surface area contributed by atoms with Gasteiger partial charge in [0.15, 0.2) is 0 Å². The number of hydrogen-bond acceptors (Lipinski definition) is 3. The van der Waals surface area contributed by atoms with Gasteiger partial charge in [-0.25, -0.2) is 0 Å². The van der Waals surface area contributed by atoms with Crippen LogP contribution in [0.1, 0.15) is 23.7 Å². The van der Waals surface area contributed by atoms with Crippen molar-refractivity contribution < 1.29 is 14.3 Å². The number of anilines is 1. The summed E-state index contributed by atoms with van der Waals surface area (Å²) in [5, 5.41) is 1.98. The first-order valence-corrected chi connectivity index (χ1v) is 8.42. The van der Waals surface area contributed by atoms with Gasteiger partial charge in [-0.05, 0) is 23.9 Å². The Labute approximate surface area is 140 Å². The number of carbonyl (C=O) groups excluding carboxylic acids is 2. The Bertz CT molecular complexity index is 812. The molecule has 2 aliphatic rings. The van der Waals surface area contributed by atoms with Crippen molar-refractivity contribution in [2.45, 2.75) is 19.4 Å². The topological polar surface area (TPSA) is 49.9 Å². The van der Waals surface area contributed by atoms with E-state index in [4.69, 9.17) is 4.74 Å². The van der Waals surface area contributed by atoms with Crippen molar-refractivity contribution in [3.05, 3.63) is 42.0 Å². The second kappa shape index (κ2) is 5.91. The number of ether oxygens (including phenoxy) is 1. The molecule has 0 aromatic heterocycles. The molecule has 1 atom stereocenters. The monoisotopic (exact) mass is 324 g/mol. The summed E-state index contributed by atoms with van der Waals surface area (Å²) in [4.78, 5) is 28.9. The Balaban J connectivity index is 1.59. The van der Waals surface area contributed by atoms with E-state index < -0.39 is 0 Å². The number of carbonyl (C=O) groups is 2. The maximum absolute atomic E-state index is 12.7. The van der Waals surface area contributed by atoms with Gasteiger partial charge in [0.05, 0.1) is 18.4 Å². The molecule has 2 aromatic carbocycles. The highest BCUT2D eigenvalue weighted by molar-refractivity contribution is 6.26. The lowest BCUT2D eigenvalue weighted by Gasteiger charge is -2.33. The second-order valence-corrected chi connectivity index (χ2v) is 6.31. The van der Waals surface area contributed by atoms with Crippen LogP contribution in [0.3, 0.4) is 0 Å².